The Morgan fingerprint density at radius 3 is 2.36 bits per heavy atom. The lowest BCUT2D eigenvalue weighted by molar-refractivity contribution is -0.115. The molecule has 2 aromatic carbocycles. The summed E-state index contributed by atoms with van der Waals surface area (Å²) in [7, 11) is 3.16. The fraction of sp³-hybridized carbons (Fsp3) is 0.320. The summed E-state index contributed by atoms with van der Waals surface area (Å²) < 4.78 is 12.6. The van der Waals surface area contributed by atoms with Crippen LogP contribution in [0.3, 0.4) is 0 Å². The maximum Gasteiger partial charge on any atom is 0.248 e. The van der Waals surface area contributed by atoms with E-state index in [1.807, 2.05) is 24.3 Å². The van der Waals surface area contributed by atoms with Crippen LogP contribution in [0.5, 0.6) is 11.5 Å². The molecule has 0 saturated heterocycles. The molecule has 8 heteroatoms. The number of rotatable bonds is 5. The third-order valence-electron chi connectivity index (χ3n) is 5.86. The second-order valence-electron chi connectivity index (χ2n) is 9.07. The van der Waals surface area contributed by atoms with E-state index >= 15 is 0 Å². The Labute approximate surface area is 193 Å². The number of anilines is 1. The maximum atomic E-state index is 12.5. The van der Waals surface area contributed by atoms with Crippen LogP contribution in [0.4, 0.5) is 5.95 Å². The van der Waals surface area contributed by atoms with Gasteiger partial charge in [0.05, 0.1) is 19.8 Å². The van der Waals surface area contributed by atoms with Gasteiger partial charge in [0, 0.05) is 22.9 Å². The molecule has 0 saturated carbocycles. The zero-order valence-corrected chi connectivity index (χ0v) is 19.8. The molecular weight excluding hydrogens is 418 g/mol. The highest BCUT2D eigenvalue weighted by Gasteiger charge is 2.35. The van der Waals surface area contributed by atoms with Crippen molar-refractivity contribution in [2.75, 3.05) is 19.5 Å². The molecule has 0 spiro atoms. The number of nitrogens with two attached hydrogens (primary N) is 1. The van der Waals surface area contributed by atoms with Gasteiger partial charge >= 0.3 is 0 Å². The molecule has 0 aliphatic carbocycles. The number of carbonyl (C=O) groups excluding carboxylic acids is 1. The van der Waals surface area contributed by atoms with Gasteiger partial charge in [-0.2, -0.15) is 4.98 Å². The first-order valence-electron chi connectivity index (χ1n) is 10.7. The van der Waals surface area contributed by atoms with E-state index in [9.17, 15) is 4.79 Å². The van der Waals surface area contributed by atoms with E-state index in [-0.39, 0.29) is 5.41 Å². The Bertz CT molecular complexity index is 1240. The SMILES string of the molecule is COc1ccc(C2C(C(N)=O)=C(C)Nc3nc(-c4ccc(C(C)(C)C)cc4)nn32)c(OC)c1. The molecule has 0 radical (unpaired) electrons. The van der Waals surface area contributed by atoms with Gasteiger partial charge in [0.25, 0.3) is 0 Å². The van der Waals surface area contributed by atoms with E-state index in [2.05, 4.69) is 38.2 Å². The molecule has 0 fully saturated rings. The summed E-state index contributed by atoms with van der Waals surface area (Å²) in [6.45, 7) is 8.32. The maximum absolute atomic E-state index is 12.5. The van der Waals surface area contributed by atoms with Gasteiger partial charge in [0.1, 0.15) is 17.5 Å². The number of nitrogens with zero attached hydrogens (tertiary/aromatic N) is 3. The number of methoxy groups -OCH3 is 2. The zero-order valence-electron chi connectivity index (χ0n) is 19.8. The topological polar surface area (TPSA) is 104 Å². The molecule has 8 nitrogen and oxygen atoms in total. The minimum Gasteiger partial charge on any atom is -0.497 e. The smallest absolute Gasteiger partial charge is 0.248 e. The first kappa shape index (κ1) is 22.4. The lowest BCUT2D eigenvalue weighted by atomic mass is 9.87. The molecular formula is C25H29N5O3. The number of aromatic nitrogens is 3. The lowest BCUT2D eigenvalue weighted by Crippen LogP contribution is -2.32. The quantitative estimate of drug-likeness (QED) is 0.612. The van der Waals surface area contributed by atoms with E-state index in [0.717, 1.165) is 11.1 Å². The summed E-state index contributed by atoms with van der Waals surface area (Å²) in [5, 5.41) is 7.95. The van der Waals surface area contributed by atoms with Crippen LogP contribution in [-0.4, -0.2) is 34.9 Å². The number of primary amides is 1. The number of amides is 1. The van der Waals surface area contributed by atoms with Crippen LogP contribution in [0.1, 0.15) is 44.9 Å². The van der Waals surface area contributed by atoms with Crippen LogP contribution < -0.4 is 20.5 Å². The van der Waals surface area contributed by atoms with Crippen LogP contribution in [0, 0.1) is 0 Å². The second-order valence-corrected chi connectivity index (χ2v) is 9.07. The lowest BCUT2D eigenvalue weighted by Gasteiger charge is -2.28. The predicted octanol–water partition coefficient (Wildman–Crippen LogP) is 4.03. The van der Waals surface area contributed by atoms with Gasteiger partial charge in [-0.1, -0.05) is 45.0 Å². The molecule has 1 atom stereocenters. The summed E-state index contributed by atoms with van der Waals surface area (Å²) in [6.07, 6.45) is 0. The van der Waals surface area contributed by atoms with Gasteiger partial charge in [0.2, 0.25) is 11.9 Å². The summed E-state index contributed by atoms with van der Waals surface area (Å²) in [5.74, 6) is 1.74. The average molecular weight is 448 g/mol. The monoisotopic (exact) mass is 447 g/mol. The number of hydrogen-bond acceptors (Lipinski definition) is 6. The normalized spacial score (nSPS) is 15.6. The standard InChI is InChI=1S/C25H29N5O3/c1-14-20(22(26)31)21(18-12-11-17(32-5)13-19(18)33-6)30-24(27-14)28-23(29-30)15-7-9-16(10-8-15)25(2,3)4/h7-13,21H,1-6H3,(H2,26,31)(H,27,28,29). The zero-order chi connectivity index (χ0) is 23.9. The first-order valence-corrected chi connectivity index (χ1v) is 10.7. The van der Waals surface area contributed by atoms with Crippen molar-refractivity contribution in [3.05, 3.63) is 64.9 Å². The van der Waals surface area contributed by atoms with E-state index in [1.165, 1.54) is 5.56 Å². The van der Waals surface area contributed by atoms with E-state index in [4.69, 9.17) is 25.3 Å². The minimum absolute atomic E-state index is 0.0500. The molecule has 33 heavy (non-hydrogen) atoms. The predicted molar refractivity (Wildman–Crippen MR) is 127 cm³/mol. The van der Waals surface area contributed by atoms with Crippen molar-refractivity contribution in [2.45, 2.75) is 39.2 Å². The molecule has 1 aromatic heterocycles. The molecule has 0 bridgehead atoms. The van der Waals surface area contributed by atoms with Gasteiger partial charge in [-0.25, -0.2) is 4.68 Å². The summed E-state index contributed by atoms with van der Waals surface area (Å²) in [6, 6.07) is 13.0. The fourth-order valence-corrected chi connectivity index (χ4v) is 4.04. The Morgan fingerprint density at radius 1 is 1.09 bits per heavy atom. The van der Waals surface area contributed by atoms with Crippen molar-refractivity contribution in [3.63, 3.8) is 0 Å². The third kappa shape index (κ3) is 4.04. The van der Waals surface area contributed by atoms with E-state index in [1.54, 1.807) is 31.9 Å². The Balaban J connectivity index is 1.85. The highest BCUT2D eigenvalue weighted by molar-refractivity contribution is 5.95. The van der Waals surface area contributed by atoms with Crippen LogP contribution in [0.25, 0.3) is 11.4 Å². The van der Waals surface area contributed by atoms with Crippen molar-refractivity contribution >= 4 is 11.9 Å². The largest absolute Gasteiger partial charge is 0.497 e. The van der Waals surface area contributed by atoms with Crippen molar-refractivity contribution in [3.8, 4) is 22.9 Å². The number of hydrogen-bond donors (Lipinski definition) is 2. The number of benzene rings is 2. The molecule has 1 aliphatic rings. The molecule has 1 unspecified atom stereocenters. The number of carbonyl (C=O) groups is 1. The third-order valence-corrected chi connectivity index (χ3v) is 5.86. The minimum atomic E-state index is -0.602. The molecule has 1 aliphatic heterocycles. The Morgan fingerprint density at radius 2 is 1.79 bits per heavy atom. The molecule has 3 N–H and O–H groups in total. The second kappa shape index (κ2) is 8.27. The molecule has 172 valence electrons. The van der Waals surface area contributed by atoms with Gasteiger partial charge in [0.15, 0.2) is 5.82 Å². The van der Waals surface area contributed by atoms with Gasteiger partial charge in [-0.3, -0.25) is 4.79 Å². The Hall–Kier alpha value is -3.81. The number of fused-ring (bicyclic) bond motifs is 1. The van der Waals surface area contributed by atoms with Crippen LogP contribution in [-0.2, 0) is 10.2 Å². The first-order chi connectivity index (χ1) is 15.6. The Kier molecular flexibility index (Phi) is 5.61. The van der Waals surface area contributed by atoms with Crippen molar-refractivity contribution in [1.29, 1.82) is 0 Å². The summed E-state index contributed by atoms with van der Waals surface area (Å²) in [4.78, 5) is 17.2. The van der Waals surface area contributed by atoms with E-state index < -0.39 is 11.9 Å². The highest BCUT2D eigenvalue weighted by Crippen LogP contribution is 2.41. The number of nitrogens with one attached hydrogen (secondary N) is 1. The highest BCUT2D eigenvalue weighted by atomic mass is 16.5. The summed E-state index contributed by atoms with van der Waals surface area (Å²) in [5.41, 5.74) is 9.71. The fourth-order valence-electron chi connectivity index (χ4n) is 4.04. The average Bonchev–Trinajstić information content (AvgIpc) is 3.20. The van der Waals surface area contributed by atoms with Gasteiger partial charge in [-0.05, 0) is 30.0 Å². The van der Waals surface area contributed by atoms with Crippen molar-refractivity contribution in [2.24, 2.45) is 5.73 Å². The van der Waals surface area contributed by atoms with Crippen LogP contribution in [0.2, 0.25) is 0 Å². The van der Waals surface area contributed by atoms with Gasteiger partial charge in [-0.15, -0.1) is 5.10 Å². The molecule has 3 aromatic rings. The van der Waals surface area contributed by atoms with Crippen molar-refractivity contribution in [1.82, 2.24) is 14.8 Å². The summed E-state index contributed by atoms with van der Waals surface area (Å²) >= 11 is 0. The number of allylic oxidation sites excluding steroid dienone is 1. The van der Waals surface area contributed by atoms with Crippen LogP contribution in [0.15, 0.2) is 53.7 Å². The molecule has 2 heterocycles. The van der Waals surface area contributed by atoms with Crippen LogP contribution >= 0.6 is 0 Å². The van der Waals surface area contributed by atoms with Gasteiger partial charge < -0.3 is 20.5 Å². The number of ether oxygens (including phenoxy) is 2. The van der Waals surface area contributed by atoms with E-state index in [0.29, 0.717) is 34.5 Å². The molecule has 1 amide bonds. The molecule has 4 rings (SSSR count). The van der Waals surface area contributed by atoms with Crippen molar-refractivity contribution < 1.29 is 14.3 Å².